The van der Waals surface area contributed by atoms with E-state index >= 15 is 0 Å². The molecule has 0 spiro atoms. The molecule has 3 aromatic rings. The molecule has 1 atom stereocenters. The van der Waals surface area contributed by atoms with Crippen LogP contribution in [-0.2, 0) is 0 Å². The van der Waals surface area contributed by atoms with Gasteiger partial charge in [0.05, 0.1) is 17.5 Å². The first-order valence-corrected chi connectivity index (χ1v) is 9.08. The normalized spacial score (nSPS) is 12.5. The molecular formula is C21H25N3O2. The largest absolute Gasteiger partial charge is 0.423 e. The molecule has 26 heavy (non-hydrogen) atoms. The number of para-hydroxylation sites is 1. The van der Waals surface area contributed by atoms with E-state index < -0.39 is 0 Å². The van der Waals surface area contributed by atoms with E-state index in [0.29, 0.717) is 22.9 Å². The molecule has 5 heteroatoms. The maximum atomic E-state index is 12.8. The second-order valence-corrected chi connectivity index (χ2v) is 6.95. The van der Waals surface area contributed by atoms with Gasteiger partial charge in [-0.2, -0.15) is 5.10 Å². The van der Waals surface area contributed by atoms with Crippen molar-refractivity contribution in [3.8, 4) is 5.75 Å². The Morgan fingerprint density at radius 2 is 1.96 bits per heavy atom. The number of hydrogen-bond donors (Lipinski definition) is 0. The number of benzene rings is 1. The van der Waals surface area contributed by atoms with E-state index in [2.05, 4.69) is 37.8 Å². The quantitative estimate of drug-likeness (QED) is 0.476. The molecule has 0 radical (unpaired) electrons. The third-order valence-corrected chi connectivity index (χ3v) is 4.73. The number of fused-ring (bicyclic) bond motifs is 1. The lowest BCUT2D eigenvalue weighted by atomic mass is 9.98. The Labute approximate surface area is 154 Å². The third kappa shape index (κ3) is 3.34. The minimum absolute atomic E-state index is 0.208. The number of pyridine rings is 1. The van der Waals surface area contributed by atoms with Crippen LogP contribution in [0.15, 0.2) is 36.5 Å². The Kier molecular flexibility index (Phi) is 5.07. The summed E-state index contributed by atoms with van der Waals surface area (Å²) in [6.45, 7) is 10.2. The van der Waals surface area contributed by atoms with Crippen molar-refractivity contribution in [3.63, 3.8) is 0 Å². The summed E-state index contributed by atoms with van der Waals surface area (Å²) >= 11 is 0. The average molecular weight is 351 g/mol. The van der Waals surface area contributed by atoms with E-state index in [1.807, 2.05) is 41.9 Å². The maximum absolute atomic E-state index is 12.8. The Bertz CT molecular complexity index is 944. The van der Waals surface area contributed by atoms with E-state index in [4.69, 9.17) is 4.74 Å². The van der Waals surface area contributed by atoms with Gasteiger partial charge >= 0.3 is 5.97 Å². The van der Waals surface area contributed by atoms with Gasteiger partial charge < -0.3 is 4.74 Å². The molecule has 0 N–H and O–H groups in total. The summed E-state index contributed by atoms with van der Waals surface area (Å²) in [6.07, 6.45) is 2.72. The van der Waals surface area contributed by atoms with Crippen LogP contribution in [-0.4, -0.2) is 20.7 Å². The Hall–Kier alpha value is -2.69. The van der Waals surface area contributed by atoms with Gasteiger partial charge in [0.1, 0.15) is 5.75 Å². The van der Waals surface area contributed by atoms with Gasteiger partial charge in [-0.3, -0.25) is 0 Å². The molecule has 0 aliphatic carbocycles. The van der Waals surface area contributed by atoms with E-state index in [9.17, 15) is 4.79 Å². The molecule has 2 aromatic heterocycles. The first-order chi connectivity index (χ1) is 12.4. The van der Waals surface area contributed by atoms with Gasteiger partial charge in [0.25, 0.3) is 0 Å². The molecule has 0 aliphatic heterocycles. The van der Waals surface area contributed by atoms with Crippen LogP contribution in [0.25, 0.3) is 11.0 Å². The van der Waals surface area contributed by atoms with Gasteiger partial charge in [-0.1, -0.05) is 32.0 Å². The predicted molar refractivity (Wildman–Crippen MR) is 103 cm³/mol. The summed E-state index contributed by atoms with van der Waals surface area (Å²) in [4.78, 5) is 17.4. The van der Waals surface area contributed by atoms with Crippen molar-refractivity contribution in [2.75, 3.05) is 0 Å². The first kappa shape index (κ1) is 18.1. The van der Waals surface area contributed by atoms with Crippen molar-refractivity contribution in [1.82, 2.24) is 14.8 Å². The summed E-state index contributed by atoms with van der Waals surface area (Å²) in [6, 6.07) is 9.74. The number of esters is 1. The fourth-order valence-corrected chi connectivity index (χ4v) is 3.01. The molecule has 5 nitrogen and oxygen atoms in total. The molecule has 0 amide bonds. The van der Waals surface area contributed by atoms with Crippen molar-refractivity contribution in [2.24, 2.45) is 0 Å². The van der Waals surface area contributed by atoms with Crippen LogP contribution in [0, 0.1) is 6.92 Å². The highest BCUT2D eigenvalue weighted by molar-refractivity contribution is 5.95. The van der Waals surface area contributed by atoms with Crippen LogP contribution in [0.3, 0.4) is 0 Å². The first-order valence-electron chi connectivity index (χ1n) is 9.08. The van der Waals surface area contributed by atoms with Gasteiger partial charge in [0.15, 0.2) is 5.65 Å². The van der Waals surface area contributed by atoms with Crippen LogP contribution < -0.4 is 4.74 Å². The molecule has 0 saturated heterocycles. The minimum Gasteiger partial charge on any atom is -0.423 e. The van der Waals surface area contributed by atoms with Gasteiger partial charge in [0.2, 0.25) is 0 Å². The number of hydrogen-bond acceptors (Lipinski definition) is 4. The lowest BCUT2D eigenvalue weighted by molar-refractivity contribution is 0.0731. The zero-order valence-corrected chi connectivity index (χ0v) is 16.0. The fraction of sp³-hybridized carbons (Fsp3) is 0.381. The van der Waals surface area contributed by atoms with Gasteiger partial charge in [-0.05, 0) is 50.8 Å². The summed E-state index contributed by atoms with van der Waals surface area (Å²) in [5.41, 5.74) is 2.95. The van der Waals surface area contributed by atoms with Crippen molar-refractivity contribution in [1.29, 1.82) is 0 Å². The van der Waals surface area contributed by atoms with Crippen molar-refractivity contribution >= 4 is 17.0 Å². The zero-order chi connectivity index (χ0) is 18.8. The molecule has 136 valence electrons. The number of aryl methyl sites for hydroxylation is 1. The van der Waals surface area contributed by atoms with E-state index in [1.165, 1.54) is 0 Å². The Balaban J connectivity index is 1.95. The predicted octanol–water partition coefficient (Wildman–Crippen LogP) is 5.05. The average Bonchev–Trinajstić information content (AvgIpc) is 3.03. The zero-order valence-electron chi connectivity index (χ0n) is 16.0. The number of carbonyl (C=O) groups is 1. The highest BCUT2D eigenvalue weighted by Gasteiger charge is 2.19. The summed E-state index contributed by atoms with van der Waals surface area (Å²) in [7, 11) is 0. The van der Waals surface area contributed by atoms with E-state index in [1.54, 1.807) is 6.20 Å². The van der Waals surface area contributed by atoms with Crippen LogP contribution in [0.5, 0.6) is 5.75 Å². The van der Waals surface area contributed by atoms with Gasteiger partial charge in [0, 0.05) is 11.4 Å². The highest BCUT2D eigenvalue weighted by atomic mass is 16.5. The number of nitrogens with zero attached hydrogens (tertiary/aromatic N) is 3. The molecule has 0 fully saturated rings. The summed E-state index contributed by atoms with van der Waals surface area (Å²) in [5.74, 6) is 0.555. The second-order valence-electron chi connectivity index (χ2n) is 6.95. The van der Waals surface area contributed by atoms with Gasteiger partial charge in [-0.15, -0.1) is 0 Å². The number of ether oxygens (including phenoxy) is 1. The second kappa shape index (κ2) is 7.28. The van der Waals surface area contributed by atoms with Crippen molar-refractivity contribution in [3.05, 3.63) is 53.3 Å². The topological polar surface area (TPSA) is 57.0 Å². The molecule has 2 heterocycles. The van der Waals surface area contributed by atoms with Crippen LogP contribution >= 0.6 is 0 Å². The maximum Gasteiger partial charge on any atom is 0.345 e. The molecule has 0 aliphatic rings. The standard InChI is InChI=1S/C21H25N3O2/c1-6-14(4)17-9-7-8-10-19(17)26-21(25)18-11-16-12-22-24(13(2)3)20(16)23-15(18)5/h7-14H,6H2,1-5H3. The van der Waals surface area contributed by atoms with Crippen LogP contribution in [0.4, 0.5) is 0 Å². The smallest absolute Gasteiger partial charge is 0.345 e. The van der Waals surface area contributed by atoms with Crippen LogP contribution in [0.2, 0.25) is 0 Å². The third-order valence-electron chi connectivity index (χ3n) is 4.73. The molecule has 3 rings (SSSR count). The lowest BCUT2D eigenvalue weighted by Crippen LogP contribution is -2.13. The van der Waals surface area contributed by atoms with Crippen LogP contribution in [0.1, 0.15) is 67.7 Å². The Morgan fingerprint density at radius 1 is 1.23 bits per heavy atom. The summed E-state index contributed by atoms with van der Waals surface area (Å²) < 4.78 is 7.59. The highest BCUT2D eigenvalue weighted by Crippen LogP contribution is 2.29. The molecule has 0 saturated carbocycles. The SMILES string of the molecule is CCC(C)c1ccccc1OC(=O)c1cc2cnn(C(C)C)c2nc1C. The number of carbonyl (C=O) groups excluding carboxylic acids is 1. The Morgan fingerprint density at radius 3 is 2.65 bits per heavy atom. The number of rotatable bonds is 5. The lowest BCUT2D eigenvalue weighted by Gasteiger charge is -2.15. The molecule has 0 bridgehead atoms. The van der Waals surface area contributed by atoms with Crippen molar-refractivity contribution < 1.29 is 9.53 Å². The fourth-order valence-electron chi connectivity index (χ4n) is 3.01. The number of aromatic nitrogens is 3. The molecule has 1 unspecified atom stereocenters. The van der Waals surface area contributed by atoms with Gasteiger partial charge in [-0.25, -0.2) is 14.5 Å². The van der Waals surface area contributed by atoms with E-state index in [-0.39, 0.29) is 12.0 Å². The molecule has 1 aromatic carbocycles. The van der Waals surface area contributed by atoms with Crippen molar-refractivity contribution in [2.45, 2.75) is 53.0 Å². The van der Waals surface area contributed by atoms with E-state index in [0.717, 1.165) is 23.0 Å². The summed E-state index contributed by atoms with van der Waals surface area (Å²) in [5, 5.41) is 5.21. The monoisotopic (exact) mass is 351 g/mol. The minimum atomic E-state index is -0.384. The molecular weight excluding hydrogens is 326 g/mol.